The van der Waals surface area contributed by atoms with Gasteiger partial charge < -0.3 is 33.9 Å². The van der Waals surface area contributed by atoms with Crippen molar-refractivity contribution in [2.75, 3.05) is 60.0 Å². The third-order valence-electron chi connectivity index (χ3n) is 4.51. The van der Waals surface area contributed by atoms with Crippen molar-refractivity contribution < 1.29 is 48.3 Å². The third kappa shape index (κ3) is 10.8. The van der Waals surface area contributed by atoms with Crippen LogP contribution in [0.1, 0.15) is 20.8 Å². The smallest absolute Gasteiger partial charge is 0.333 e. The van der Waals surface area contributed by atoms with Gasteiger partial charge in [-0.05, 0) is 20.8 Å². The first kappa shape index (κ1) is 30.5. The minimum Gasteiger partial charge on any atom is -0.461 e. The molecular weight excluding hydrogens is 436 g/mol. The Hall–Kier alpha value is -2.53. The van der Waals surface area contributed by atoms with E-state index >= 15 is 0 Å². The predicted octanol–water partition coefficient (Wildman–Crippen LogP) is 0.965. The first-order valence-corrected chi connectivity index (χ1v) is 10.1. The van der Waals surface area contributed by atoms with Crippen LogP contribution in [-0.4, -0.2) is 88.1 Å². The van der Waals surface area contributed by atoms with Crippen molar-refractivity contribution in [3.8, 4) is 0 Å². The van der Waals surface area contributed by atoms with Crippen LogP contribution in [-0.2, 0) is 38.1 Å². The van der Waals surface area contributed by atoms with Crippen LogP contribution in [0, 0.1) is 10.8 Å². The molecule has 10 heteroatoms. The Labute approximate surface area is 194 Å². The van der Waals surface area contributed by atoms with Gasteiger partial charge in [0, 0.05) is 23.8 Å². The molecule has 1 atom stereocenters. The van der Waals surface area contributed by atoms with Crippen molar-refractivity contribution in [3.63, 3.8) is 0 Å². The molecule has 188 valence electrons. The topological polar surface area (TPSA) is 138 Å². The highest BCUT2D eigenvalue weighted by atomic mass is 16.6. The average molecular weight is 473 g/mol. The first-order valence-electron chi connectivity index (χ1n) is 10.1. The van der Waals surface area contributed by atoms with Gasteiger partial charge in [-0.3, -0.25) is 0 Å². The van der Waals surface area contributed by atoms with Crippen LogP contribution in [0.2, 0.25) is 0 Å². The number of aliphatic hydroxyl groups excluding tert-OH is 2. The molecule has 1 unspecified atom stereocenters. The number of aliphatic hydroxyl groups is 2. The molecule has 0 aromatic rings. The van der Waals surface area contributed by atoms with Crippen molar-refractivity contribution in [2.24, 2.45) is 10.8 Å². The van der Waals surface area contributed by atoms with E-state index in [2.05, 4.69) is 19.7 Å². The molecule has 0 aliphatic carbocycles. The van der Waals surface area contributed by atoms with Gasteiger partial charge >= 0.3 is 17.9 Å². The van der Waals surface area contributed by atoms with Crippen molar-refractivity contribution in [3.05, 3.63) is 36.5 Å². The van der Waals surface area contributed by atoms with Crippen molar-refractivity contribution >= 4 is 17.9 Å². The number of hydrogen-bond donors (Lipinski definition) is 2. The minimum atomic E-state index is -1.31. The zero-order chi connectivity index (χ0) is 25.7. The SMILES string of the molecule is C=C(C)C(=O)OCC(CO)(COC)COCC(CO)(COC(=O)C(=C)C)COC(=O)C(=C)C. The number of carbonyl (C=O) groups excluding carboxylic acids is 3. The highest BCUT2D eigenvalue weighted by Crippen LogP contribution is 2.24. The second kappa shape index (κ2) is 14.6. The van der Waals surface area contributed by atoms with Crippen LogP contribution in [0.3, 0.4) is 0 Å². The van der Waals surface area contributed by atoms with Gasteiger partial charge in [-0.2, -0.15) is 0 Å². The van der Waals surface area contributed by atoms with Crippen molar-refractivity contribution in [1.29, 1.82) is 0 Å². The van der Waals surface area contributed by atoms with E-state index in [0.717, 1.165) is 0 Å². The fourth-order valence-electron chi connectivity index (χ4n) is 2.34. The lowest BCUT2D eigenvalue weighted by molar-refractivity contribution is -0.161. The van der Waals surface area contributed by atoms with E-state index < -0.39 is 42.0 Å². The maximum absolute atomic E-state index is 11.8. The Morgan fingerprint density at radius 1 is 0.636 bits per heavy atom. The summed E-state index contributed by atoms with van der Waals surface area (Å²) in [6.45, 7) is 12.7. The molecule has 0 bridgehead atoms. The molecule has 0 saturated heterocycles. The number of esters is 3. The molecule has 10 nitrogen and oxygen atoms in total. The summed E-state index contributed by atoms with van der Waals surface area (Å²) >= 11 is 0. The summed E-state index contributed by atoms with van der Waals surface area (Å²) in [5.74, 6) is -2.00. The van der Waals surface area contributed by atoms with E-state index in [4.69, 9.17) is 23.7 Å². The maximum atomic E-state index is 11.8. The Morgan fingerprint density at radius 3 is 1.18 bits per heavy atom. The van der Waals surface area contributed by atoms with Gasteiger partial charge in [0.05, 0.1) is 43.9 Å². The van der Waals surface area contributed by atoms with E-state index in [9.17, 15) is 24.6 Å². The van der Waals surface area contributed by atoms with Crippen LogP contribution >= 0.6 is 0 Å². The molecule has 0 amide bonds. The van der Waals surface area contributed by atoms with Crippen LogP contribution < -0.4 is 0 Å². The molecule has 33 heavy (non-hydrogen) atoms. The molecule has 0 fully saturated rings. The Kier molecular flexibility index (Phi) is 13.5. The Bertz CT molecular complexity index is 697. The zero-order valence-electron chi connectivity index (χ0n) is 19.9. The summed E-state index contributed by atoms with van der Waals surface area (Å²) < 4.78 is 26.4. The lowest BCUT2D eigenvalue weighted by Gasteiger charge is -2.34. The van der Waals surface area contributed by atoms with E-state index in [-0.39, 0.29) is 56.4 Å². The van der Waals surface area contributed by atoms with E-state index in [1.165, 1.54) is 27.9 Å². The number of rotatable bonds is 17. The quantitative estimate of drug-likeness (QED) is 0.179. The second-order valence-corrected chi connectivity index (χ2v) is 8.31. The maximum Gasteiger partial charge on any atom is 0.333 e. The first-order chi connectivity index (χ1) is 15.4. The monoisotopic (exact) mass is 472 g/mol. The molecule has 0 rings (SSSR count). The molecule has 0 saturated carbocycles. The lowest BCUT2D eigenvalue weighted by atomic mass is 9.90. The molecule has 0 radical (unpaired) electrons. The van der Waals surface area contributed by atoms with Gasteiger partial charge in [-0.15, -0.1) is 0 Å². The molecule has 0 aromatic carbocycles. The summed E-state index contributed by atoms with van der Waals surface area (Å²) in [5, 5.41) is 20.0. The highest BCUT2D eigenvalue weighted by Gasteiger charge is 2.37. The number of hydrogen-bond acceptors (Lipinski definition) is 10. The van der Waals surface area contributed by atoms with Crippen LogP contribution in [0.5, 0.6) is 0 Å². The molecule has 0 spiro atoms. The van der Waals surface area contributed by atoms with E-state index in [1.54, 1.807) is 0 Å². The standard InChI is InChI=1S/C23H36O10/c1-16(2)19(26)31-13-22(8-24,10-29-7)11-30-12-23(9-25,14-32-20(27)17(3)4)15-33-21(28)18(5)6/h24-25H,1,3,5,8-15H2,2,4,6-7H3. The molecular formula is C23H36O10. The normalized spacial score (nSPS) is 12.9. The van der Waals surface area contributed by atoms with Gasteiger partial charge in [0.1, 0.15) is 19.8 Å². The number of carbonyl (C=O) groups is 3. The molecule has 0 aliphatic rings. The summed E-state index contributed by atoms with van der Waals surface area (Å²) in [6, 6.07) is 0. The molecule has 2 N–H and O–H groups in total. The number of methoxy groups -OCH3 is 1. The van der Waals surface area contributed by atoms with Gasteiger partial charge in [-0.1, -0.05) is 19.7 Å². The van der Waals surface area contributed by atoms with E-state index in [0.29, 0.717) is 0 Å². The average Bonchev–Trinajstić information content (AvgIpc) is 2.77. The van der Waals surface area contributed by atoms with Crippen LogP contribution in [0.25, 0.3) is 0 Å². The van der Waals surface area contributed by atoms with E-state index in [1.807, 2.05) is 0 Å². The molecule has 0 aliphatic heterocycles. The summed E-state index contributed by atoms with van der Waals surface area (Å²) in [5.41, 5.74) is -1.91. The number of ether oxygens (including phenoxy) is 5. The van der Waals surface area contributed by atoms with Crippen molar-refractivity contribution in [2.45, 2.75) is 20.8 Å². The lowest BCUT2D eigenvalue weighted by Crippen LogP contribution is -2.45. The Morgan fingerprint density at radius 2 is 0.939 bits per heavy atom. The summed E-state index contributed by atoms with van der Waals surface area (Å²) in [6.07, 6.45) is 0. The minimum absolute atomic E-state index is 0.00557. The van der Waals surface area contributed by atoms with Gasteiger partial charge in [0.25, 0.3) is 0 Å². The summed E-state index contributed by atoms with van der Waals surface area (Å²) in [4.78, 5) is 35.5. The van der Waals surface area contributed by atoms with Gasteiger partial charge in [0.15, 0.2) is 0 Å². The predicted molar refractivity (Wildman–Crippen MR) is 119 cm³/mol. The fourth-order valence-corrected chi connectivity index (χ4v) is 2.34. The van der Waals surface area contributed by atoms with Crippen LogP contribution in [0.15, 0.2) is 36.5 Å². The zero-order valence-corrected chi connectivity index (χ0v) is 19.9. The van der Waals surface area contributed by atoms with Crippen LogP contribution in [0.4, 0.5) is 0 Å². The second-order valence-electron chi connectivity index (χ2n) is 8.31. The highest BCUT2D eigenvalue weighted by molar-refractivity contribution is 5.87. The van der Waals surface area contributed by atoms with Gasteiger partial charge in [0.2, 0.25) is 0 Å². The van der Waals surface area contributed by atoms with Crippen molar-refractivity contribution in [1.82, 2.24) is 0 Å². The third-order valence-corrected chi connectivity index (χ3v) is 4.51. The summed E-state index contributed by atoms with van der Waals surface area (Å²) in [7, 11) is 1.41. The largest absolute Gasteiger partial charge is 0.461 e. The fraction of sp³-hybridized carbons (Fsp3) is 0.609. The van der Waals surface area contributed by atoms with Gasteiger partial charge in [-0.25, -0.2) is 14.4 Å². The molecule has 0 aromatic heterocycles. The molecule has 0 heterocycles. The Balaban J connectivity index is 5.46.